The predicted octanol–water partition coefficient (Wildman–Crippen LogP) is 5.99. The summed E-state index contributed by atoms with van der Waals surface area (Å²) < 4.78 is 25.0. The van der Waals surface area contributed by atoms with Crippen molar-refractivity contribution in [3.8, 4) is 11.5 Å². The maximum absolute atomic E-state index is 13.9. The van der Waals surface area contributed by atoms with E-state index in [1.807, 2.05) is 30.3 Å². The average molecular weight is 386 g/mol. The monoisotopic (exact) mass is 385 g/mol. The second-order valence-electron chi connectivity index (χ2n) is 6.19. The smallest absolute Gasteiger partial charge is 0.161 e. The maximum atomic E-state index is 13.9. The summed E-state index contributed by atoms with van der Waals surface area (Å²) in [7, 11) is 1.58. The summed E-state index contributed by atoms with van der Waals surface area (Å²) in [6, 6.07) is 18.5. The molecule has 27 heavy (non-hydrogen) atoms. The largest absolute Gasteiger partial charge is 0.493 e. The van der Waals surface area contributed by atoms with Crippen LogP contribution in [0.25, 0.3) is 0 Å². The first kappa shape index (κ1) is 19.1. The van der Waals surface area contributed by atoms with Crippen LogP contribution >= 0.6 is 11.6 Å². The molecule has 0 amide bonds. The Bertz CT molecular complexity index is 892. The van der Waals surface area contributed by atoms with Crippen molar-refractivity contribution in [2.75, 3.05) is 12.4 Å². The first-order chi connectivity index (χ1) is 13.1. The molecular formula is C22H21ClFNO2. The zero-order valence-electron chi connectivity index (χ0n) is 15.3. The molecule has 0 aliphatic carbocycles. The number of nitrogens with one attached hydrogen (secondary N) is 1. The highest BCUT2D eigenvalue weighted by Gasteiger charge is 2.11. The van der Waals surface area contributed by atoms with Crippen LogP contribution in [0.4, 0.5) is 10.1 Å². The molecule has 3 aromatic rings. The topological polar surface area (TPSA) is 30.5 Å². The predicted molar refractivity (Wildman–Crippen MR) is 107 cm³/mol. The van der Waals surface area contributed by atoms with Gasteiger partial charge < -0.3 is 14.8 Å². The number of hydrogen-bond acceptors (Lipinski definition) is 3. The number of aryl methyl sites for hydroxylation is 1. The van der Waals surface area contributed by atoms with Gasteiger partial charge in [0.15, 0.2) is 11.5 Å². The van der Waals surface area contributed by atoms with Crippen LogP contribution in [0.1, 0.15) is 16.7 Å². The molecule has 0 aliphatic heterocycles. The van der Waals surface area contributed by atoms with E-state index in [9.17, 15) is 4.39 Å². The number of anilines is 1. The average Bonchev–Trinajstić information content (AvgIpc) is 2.67. The number of halogens is 2. The Kier molecular flexibility index (Phi) is 6.20. The second kappa shape index (κ2) is 8.78. The maximum Gasteiger partial charge on any atom is 0.161 e. The summed E-state index contributed by atoms with van der Waals surface area (Å²) in [4.78, 5) is 0. The first-order valence-electron chi connectivity index (χ1n) is 8.60. The lowest BCUT2D eigenvalue weighted by Crippen LogP contribution is -2.03. The van der Waals surface area contributed by atoms with Gasteiger partial charge in [0, 0.05) is 17.8 Å². The quantitative estimate of drug-likeness (QED) is 0.542. The summed E-state index contributed by atoms with van der Waals surface area (Å²) >= 11 is 6.04. The minimum atomic E-state index is -0.389. The summed E-state index contributed by atoms with van der Waals surface area (Å²) in [5.41, 5.74) is 3.64. The van der Waals surface area contributed by atoms with E-state index in [1.165, 1.54) is 11.6 Å². The Hall–Kier alpha value is -2.72. The molecule has 0 aliphatic rings. The molecule has 0 spiro atoms. The number of rotatable bonds is 7. The molecule has 140 valence electrons. The fourth-order valence-electron chi connectivity index (χ4n) is 2.64. The third kappa shape index (κ3) is 4.92. The fourth-order valence-corrected chi connectivity index (χ4v) is 2.85. The number of hydrogen-bond donors (Lipinski definition) is 1. The Morgan fingerprint density at radius 2 is 1.78 bits per heavy atom. The molecule has 5 heteroatoms. The molecule has 0 unspecified atom stereocenters. The Labute approximate surface area is 163 Å². The summed E-state index contributed by atoms with van der Waals surface area (Å²) in [6.45, 7) is 2.74. The molecule has 0 radical (unpaired) electrons. The zero-order valence-corrected chi connectivity index (χ0v) is 16.0. The van der Waals surface area contributed by atoms with Gasteiger partial charge in [-0.2, -0.15) is 0 Å². The van der Waals surface area contributed by atoms with E-state index in [-0.39, 0.29) is 12.4 Å². The molecule has 3 nitrogen and oxygen atoms in total. The number of ether oxygens (including phenoxy) is 2. The third-order valence-electron chi connectivity index (χ3n) is 4.21. The van der Waals surface area contributed by atoms with Crippen LogP contribution < -0.4 is 14.8 Å². The normalized spacial score (nSPS) is 10.5. The van der Waals surface area contributed by atoms with E-state index in [4.69, 9.17) is 21.1 Å². The molecule has 3 aromatic carbocycles. The van der Waals surface area contributed by atoms with E-state index in [0.29, 0.717) is 28.6 Å². The van der Waals surface area contributed by atoms with Crippen molar-refractivity contribution in [1.82, 2.24) is 0 Å². The van der Waals surface area contributed by atoms with Gasteiger partial charge in [-0.1, -0.05) is 41.4 Å². The van der Waals surface area contributed by atoms with Gasteiger partial charge in [-0.15, -0.1) is 0 Å². The van der Waals surface area contributed by atoms with Crippen molar-refractivity contribution in [2.24, 2.45) is 0 Å². The Morgan fingerprint density at radius 3 is 2.48 bits per heavy atom. The number of benzene rings is 3. The first-order valence-corrected chi connectivity index (χ1v) is 8.98. The molecule has 0 heterocycles. The standard InChI is InChI=1S/C22H21ClFNO2/c1-15-6-9-17(10-7-15)25-13-16-8-11-21(22(12-16)26-2)27-14-18-19(23)4-3-5-20(18)24/h3-12,25H,13-14H2,1-2H3. The molecule has 3 rings (SSSR count). The molecular weight excluding hydrogens is 365 g/mol. The summed E-state index contributed by atoms with van der Waals surface area (Å²) in [6.07, 6.45) is 0. The van der Waals surface area contributed by atoms with Crippen LogP contribution in [-0.2, 0) is 13.2 Å². The van der Waals surface area contributed by atoms with Gasteiger partial charge in [-0.05, 0) is 48.9 Å². The van der Waals surface area contributed by atoms with E-state index >= 15 is 0 Å². The van der Waals surface area contributed by atoms with Gasteiger partial charge in [0.1, 0.15) is 12.4 Å². The van der Waals surface area contributed by atoms with Gasteiger partial charge in [-0.3, -0.25) is 0 Å². The molecule has 0 atom stereocenters. The van der Waals surface area contributed by atoms with Crippen LogP contribution in [0.2, 0.25) is 5.02 Å². The van der Waals surface area contributed by atoms with Crippen LogP contribution in [0, 0.1) is 12.7 Å². The van der Waals surface area contributed by atoms with Gasteiger partial charge in [0.05, 0.1) is 12.1 Å². The Balaban J connectivity index is 1.67. The van der Waals surface area contributed by atoms with E-state index in [0.717, 1.165) is 11.3 Å². The molecule has 0 bridgehead atoms. The highest BCUT2D eigenvalue weighted by Crippen LogP contribution is 2.30. The fraction of sp³-hybridized carbons (Fsp3) is 0.182. The van der Waals surface area contributed by atoms with Crippen molar-refractivity contribution in [1.29, 1.82) is 0 Å². The lowest BCUT2D eigenvalue weighted by molar-refractivity contribution is 0.279. The zero-order chi connectivity index (χ0) is 19.2. The Morgan fingerprint density at radius 1 is 1.00 bits per heavy atom. The molecule has 0 fully saturated rings. The molecule has 0 saturated carbocycles. The van der Waals surface area contributed by atoms with Gasteiger partial charge in [0.25, 0.3) is 0 Å². The SMILES string of the molecule is COc1cc(CNc2ccc(C)cc2)ccc1OCc1c(F)cccc1Cl. The van der Waals surface area contributed by atoms with Crippen LogP contribution in [0.5, 0.6) is 11.5 Å². The summed E-state index contributed by atoms with van der Waals surface area (Å²) in [5.74, 6) is 0.738. The van der Waals surface area contributed by atoms with Crippen LogP contribution in [0.3, 0.4) is 0 Å². The van der Waals surface area contributed by atoms with Crippen molar-refractivity contribution >= 4 is 17.3 Å². The van der Waals surface area contributed by atoms with E-state index < -0.39 is 0 Å². The summed E-state index contributed by atoms with van der Waals surface area (Å²) in [5, 5.41) is 3.71. The minimum Gasteiger partial charge on any atom is -0.493 e. The lowest BCUT2D eigenvalue weighted by atomic mass is 10.1. The molecule has 0 saturated heterocycles. The highest BCUT2D eigenvalue weighted by atomic mass is 35.5. The minimum absolute atomic E-state index is 0.0306. The van der Waals surface area contributed by atoms with Crippen LogP contribution in [0.15, 0.2) is 60.7 Å². The second-order valence-corrected chi connectivity index (χ2v) is 6.60. The third-order valence-corrected chi connectivity index (χ3v) is 4.56. The molecule has 1 N–H and O–H groups in total. The lowest BCUT2D eigenvalue weighted by Gasteiger charge is -2.14. The van der Waals surface area contributed by atoms with Crippen molar-refractivity contribution in [3.05, 3.63) is 88.2 Å². The van der Waals surface area contributed by atoms with Crippen molar-refractivity contribution in [2.45, 2.75) is 20.1 Å². The van der Waals surface area contributed by atoms with E-state index in [2.05, 4.69) is 24.4 Å². The van der Waals surface area contributed by atoms with Gasteiger partial charge >= 0.3 is 0 Å². The van der Waals surface area contributed by atoms with E-state index in [1.54, 1.807) is 19.2 Å². The highest BCUT2D eigenvalue weighted by molar-refractivity contribution is 6.31. The van der Waals surface area contributed by atoms with Crippen molar-refractivity contribution in [3.63, 3.8) is 0 Å². The molecule has 0 aromatic heterocycles. The van der Waals surface area contributed by atoms with Crippen molar-refractivity contribution < 1.29 is 13.9 Å². The van der Waals surface area contributed by atoms with Crippen LogP contribution in [-0.4, -0.2) is 7.11 Å². The van der Waals surface area contributed by atoms with Gasteiger partial charge in [0.2, 0.25) is 0 Å². The van der Waals surface area contributed by atoms with Gasteiger partial charge in [-0.25, -0.2) is 4.39 Å². The number of methoxy groups -OCH3 is 1.